The van der Waals surface area contributed by atoms with E-state index in [0.29, 0.717) is 18.4 Å². The van der Waals surface area contributed by atoms with Crippen molar-refractivity contribution in [2.24, 2.45) is 0 Å². The van der Waals surface area contributed by atoms with Gasteiger partial charge < -0.3 is 5.11 Å². The fraction of sp³-hybridized carbons (Fsp3) is 0.143. The second kappa shape index (κ2) is 5.25. The zero-order valence-corrected chi connectivity index (χ0v) is 9.34. The molecule has 0 saturated heterocycles. The van der Waals surface area contributed by atoms with E-state index >= 15 is 0 Å². The van der Waals surface area contributed by atoms with Crippen molar-refractivity contribution in [1.82, 2.24) is 4.98 Å². The van der Waals surface area contributed by atoms with Gasteiger partial charge >= 0.3 is 0 Å². The molecule has 0 aliphatic heterocycles. The highest BCUT2D eigenvalue weighted by Gasteiger charge is 2.09. The molecular formula is C14H13NO2. The largest absolute Gasteiger partial charge is 0.507 e. The van der Waals surface area contributed by atoms with Crippen LogP contribution in [0.1, 0.15) is 22.3 Å². The third kappa shape index (κ3) is 2.91. The number of aryl methyl sites for hydroxylation is 1. The van der Waals surface area contributed by atoms with Crippen LogP contribution >= 0.6 is 0 Å². The van der Waals surface area contributed by atoms with Crippen molar-refractivity contribution in [2.75, 3.05) is 0 Å². The van der Waals surface area contributed by atoms with Gasteiger partial charge in [0, 0.05) is 18.8 Å². The van der Waals surface area contributed by atoms with Crippen LogP contribution in [0.4, 0.5) is 0 Å². The normalized spacial score (nSPS) is 10.1. The minimum atomic E-state index is -0.0417. The van der Waals surface area contributed by atoms with Crippen molar-refractivity contribution in [3.63, 3.8) is 0 Å². The molecule has 1 heterocycles. The highest BCUT2D eigenvalue weighted by molar-refractivity contribution is 5.98. The number of para-hydroxylation sites is 1. The van der Waals surface area contributed by atoms with Crippen molar-refractivity contribution in [2.45, 2.75) is 12.8 Å². The lowest BCUT2D eigenvalue weighted by atomic mass is 10.0. The fourth-order valence-electron chi connectivity index (χ4n) is 1.65. The maximum absolute atomic E-state index is 11.9. The number of nitrogens with zero attached hydrogens (tertiary/aromatic N) is 1. The van der Waals surface area contributed by atoms with Crippen LogP contribution in [-0.2, 0) is 6.42 Å². The van der Waals surface area contributed by atoms with E-state index in [9.17, 15) is 9.90 Å². The lowest BCUT2D eigenvalue weighted by molar-refractivity contribution is 0.0980. The van der Waals surface area contributed by atoms with Gasteiger partial charge in [0.15, 0.2) is 5.78 Å². The lowest BCUT2D eigenvalue weighted by Crippen LogP contribution is -2.01. The molecule has 0 atom stereocenters. The Morgan fingerprint density at radius 3 is 2.53 bits per heavy atom. The Labute approximate surface area is 99.8 Å². The minimum Gasteiger partial charge on any atom is -0.507 e. The molecule has 17 heavy (non-hydrogen) atoms. The van der Waals surface area contributed by atoms with E-state index in [1.807, 2.05) is 12.1 Å². The Morgan fingerprint density at radius 2 is 1.82 bits per heavy atom. The van der Waals surface area contributed by atoms with Gasteiger partial charge in [-0.25, -0.2) is 0 Å². The molecule has 0 unspecified atom stereocenters. The Hall–Kier alpha value is -2.16. The number of aromatic nitrogens is 1. The number of hydrogen-bond donors (Lipinski definition) is 1. The van der Waals surface area contributed by atoms with Crippen LogP contribution in [0, 0.1) is 0 Å². The predicted octanol–water partition coefficient (Wildman–Crippen LogP) is 2.60. The molecule has 2 rings (SSSR count). The van der Waals surface area contributed by atoms with Crippen LogP contribution in [0.3, 0.4) is 0 Å². The third-order valence-electron chi connectivity index (χ3n) is 2.59. The second-order valence-corrected chi connectivity index (χ2v) is 3.80. The van der Waals surface area contributed by atoms with Gasteiger partial charge in [-0.15, -0.1) is 0 Å². The first-order valence-corrected chi connectivity index (χ1v) is 5.47. The molecule has 0 bridgehead atoms. The number of benzene rings is 1. The number of rotatable bonds is 4. The molecule has 86 valence electrons. The highest BCUT2D eigenvalue weighted by Crippen LogP contribution is 2.18. The summed E-state index contributed by atoms with van der Waals surface area (Å²) in [5, 5.41) is 9.55. The molecule has 0 fully saturated rings. The smallest absolute Gasteiger partial charge is 0.166 e. The minimum absolute atomic E-state index is 0.0417. The Morgan fingerprint density at radius 1 is 1.12 bits per heavy atom. The average molecular weight is 227 g/mol. The van der Waals surface area contributed by atoms with Gasteiger partial charge in [-0.05, 0) is 36.2 Å². The topological polar surface area (TPSA) is 50.2 Å². The molecule has 1 N–H and O–H groups in total. The number of phenolic OH excluding ortho intramolecular Hbond substituents is 1. The number of carbonyl (C=O) groups is 1. The molecule has 2 aromatic rings. The van der Waals surface area contributed by atoms with Crippen molar-refractivity contribution in [3.8, 4) is 5.75 Å². The van der Waals surface area contributed by atoms with Crippen molar-refractivity contribution >= 4 is 5.78 Å². The molecule has 0 amide bonds. The Kier molecular flexibility index (Phi) is 3.50. The molecule has 0 aliphatic rings. The second-order valence-electron chi connectivity index (χ2n) is 3.80. The number of hydrogen-bond acceptors (Lipinski definition) is 3. The van der Waals surface area contributed by atoms with E-state index < -0.39 is 0 Å². The zero-order valence-electron chi connectivity index (χ0n) is 9.34. The van der Waals surface area contributed by atoms with E-state index in [1.165, 1.54) is 6.07 Å². The van der Waals surface area contributed by atoms with Gasteiger partial charge in [0.2, 0.25) is 0 Å². The highest BCUT2D eigenvalue weighted by atomic mass is 16.3. The monoisotopic (exact) mass is 227 g/mol. The van der Waals surface area contributed by atoms with Crippen molar-refractivity contribution < 1.29 is 9.90 Å². The molecule has 3 nitrogen and oxygen atoms in total. The summed E-state index contributed by atoms with van der Waals surface area (Å²) in [4.78, 5) is 15.8. The molecule has 1 aromatic heterocycles. The molecule has 0 spiro atoms. The van der Waals surface area contributed by atoms with Crippen LogP contribution < -0.4 is 0 Å². The quantitative estimate of drug-likeness (QED) is 0.817. The number of pyridine rings is 1. The van der Waals surface area contributed by atoms with Crippen LogP contribution in [-0.4, -0.2) is 15.9 Å². The van der Waals surface area contributed by atoms with Gasteiger partial charge in [-0.2, -0.15) is 0 Å². The summed E-state index contributed by atoms with van der Waals surface area (Å²) < 4.78 is 0. The zero-order chi connectivity index (χ0) is 12.1. The summed E-state index contributed by atoms with van der Waals surface area (Å²) in [5.41, 5.74) is 1.46. The maximum Gasteiger partial charge on any atom is 0.166 e. The third-order valence-corrected chi connectivity index (χ3v) is 2.59. The van der Waals surface area contributed by atoms with E-state index in [0.717, 1.165) is 5.56 Å². The van der Waals surface area contributed by atoms with Crippen LogP contribution in [0.15, 0.2) is 48.8 Å². The Bertz CT molecular complexity index is 509. The van der Waals surface area contributed by atoms with E-state index in [2.05, 4.69) is 4.98 Å². The van der Waals surface area contributed by atoms with E-state index in [4.69, 9.17) is 0 Å². The Balaban J connectivity index is 2.01. The summed E-state index contributed by atoms with van der Waals surface area (Å²) in [5.74, 6) is 0.00661. The summed E-state index contributed by atoms with van der Waals surface area (Å²) in [7, 11) is 0. The average Bonchev–Trinajstić information content (AvgIpc) is 2.38. The van der Waals surface area contributed by atoms with Crippen molar-refractivity contribution in [3.05, 3.63) is 59.9 Å². The fourth-order valence-corrected chi connectivity index (χ4v) is 1.65. The summed E-state index contributed by atoms with van der Waals surface area (Å²) >= 11 is 0. The predicted molar refractivity (Wildman–Crippen MR) is 65.0 cm³/mol. The first kappa shape index (κ1) is 11.3. The molecule has 1 aromatic carbocycles. The molecule has 0 saturated carbocycles. The van der Waals surface area contributed by atoms with Crippen LogP contribution in [0.25, 0.3) is 0 Å². The standard InChI is InChI=1S/C14H13NO2/c16-13-4-2-1-3-12(13)14(17)6-5-11-7-9-15-10-8-11/h1-4,7-10,16H,5-6H2. The summed E-state index contributed by atoms with van der Waals surface area (Å²) in [6, 6.07) is 10.4. The van der Waals surface area contributed by atoms with E-state index in [1.54, 1.807) is 30.6 Å². The van der Waals surface area contributed by atoms with Gasteiger partial charge in [-0.3, -0.25) is 9.78 Å². The summed E-state index contributed by atoms with van der Waals surface area (Å²) in [6.45, 7) is 0. The molecule has 3 heteroatoms. The van der Waals surface area contributed by atoms with Crippen LogP contribution in [0.5, 0.6) is 5.75 Å². The van der Waals surface area contributed by atoms with Crippen LogP contribution in [0.2, 0.25) is 0 Å². The van der Waals surface area contributed by atoms with E-state index in [-0.39, 0.29) is 11.5 Å². The number of aromatic hydroxyl groups is 1. The van der Waals surface area contributed by atoms with Crippen molar-refractivity contribution in [1.29, 1.82) is 0 Å². The van der Waals surface area contributed by atoms with Gasteiger partial charge in [0.1, 0.15) is 5.75 Å². The van der Waals surface area contributed by atoms with Gasteiger partial charge in [-0.1, -0.05) is 12.1 Å². The number of ketones is 1. The number of phenols is 1. The summed E-state index contributed by atoms with van der Waals surface area (Å²) in [6.07, 6.45) is 4.47. The maximum atomic E-state index is 11.9. The number of carbonyl (C=O) groups excluding carboxylic acids is 1. The SMILES string of the molecule is O=C(CCc1ccncc1)c1ccccc1O. The lowest BCUT2D eigenvalue weighted by Gasteiger charge is -2.03. The first-order valence-electron chi connectivity index (χ1n) is 5.47. The molecule has 0 radical (unpaired) electrons. The van der Waals surface area contributed by atoms with Gasteiger partial charge in [0.05, 0.1) is 5.56 Å². The number of Topliss-reactive ketones (excluding diaryl/α,β-unsaturated/α-hetero) is 1. The molecular weight excluding hydrogens is 214 g/mol. The molecule has 0 aliphatic carbocycles. The first-order chi connectivity index (χ1) is 8.27. The van der Waals surface area contributed by atoms with Gasteiger partial charge in [0.25, 0.3) is 0 Å².